The molecule has 0 saturated heterocycles. The molecule has 6 rings (SSSR count). The standard InChI is InChI=1S/2C18H14N4O4/c2*23-21(24)17-12-18(22(25)26)16(20-14-9-5-2-6-10-14)11-15(17)19-13-7-3-1-4-8-13/h2*1-12,19-20H. The Morgan fingerprint density at radius 1 is 0.308 bits per heavy atom. The highest BCUT2D eigenvalue weighted by atomic mass is 16.6. The first kappa shape index (κ1) is 35.4. The maximum absolute atomic E-state index is 11.4. The third-order valence-corrected chi connectivity index (χ3v) is 7.23. The van der Waals surface area contributed by atoms with Crippen LogP contribution in [0.25, 0.3) is 0 Å². The number of anilines is 8. The molecule has 16 heteroatoms. The molecule has 6 aromatic carbocycles. The molecule has 0 aliphatic heterocycles. The average Bonchev–Trinajstić information content (AvgIpc) is 3.13. The summed E-state index contributed by atoms with van der Waals surface area (Å²) in [5.74, 6) is 0. The summed E-state index contributed by atoms with van der Waals surface area (Å²) < 4.78 is 0. The molecule has 0 atom stereocenters. The Morgan fingerprint density at radius 2 is 0.500 bits per heavy atom. The second-order valence-corrected chi connectivity index (χ2v) is 10.8. The smallest absolute Gasteiger partial charge is 0.299 e. The topological polar surface area (TPSA) is 221 Å². The molecular weight excluding hydrogens is 672 g/mol. The van der Waals surface area contributed by atoms with Gasteiger partial charge in [0.1, 0.15) is 22.7 Å². The molecule has 0 aromatic heterocycles. The third-order valence-electron chi connectivity index (χ3n) is 7.23. The van der Waals surface area contributed by atoms with E-state index in [-0.39, 0.29) is 45.5 Å². The van der Waals surface area contributed by atoms with Crippen LogP contribution in [0.4, 0.5) is 68.2 Å². The second-order valence-electron chi connectivity index (χ2n) is 10.8. The van der Waals surface area contributed by atoms with E-state index in [1.54, 1.807) is 97.1 Å². The minimum Gasteiger partial charge on any atom is -0.350 e. The molecule has 0 fully saturated rings. The van der Waals surface area contributed by atoms with Gasteiger partial charge in [0.05, 0.1) is 31.8 Å². The van der Waals surface area contributed by atoms with Crippen LogP contribution in [0.1, 0.15) is 0 Å². The molecule has 0 amide bonds. The number of nitrogens with zero attached hydrogens (tertiary/aromatic N) is 4. The van der Waals surface area contributed by atoms with Crippen molar-refractivity contribution in [3.8, 4) is 0 Å². The van der Waals surface area contributed by atoms with Gasteiger partial charge in [0.25, 0.3) is 22.7 Å². The Kier molecular flexibility index (Phi) is 11.2. The van der Waals surface area contributed by atoms with Crippen molar-refractivity contribution < 1.29 is 19.7 Å². The number of rotatable bonds is 12. The zero-order valence-corrected chi connectivity index (χ0v) is 26.9. The van der Waals surface area contributed by atoms with Crippen LogP contribution >= 0.6 is 0 Å². The Labute approximate surface area is 295 Å². The van der Waals surface area contributed by atoms with E-state index in [1.165, 1.54) is 12.1 Å². The van der Waals surface area contributed by atoms with Crippen molar-refractivity contribution in [2.45, 2.75) is 0 Å². The maximum atomic E-state index is 11.4. The number of hydrogen-bond donors (Lipinski definition) is 4. The molecule has 0 heterocycles. The summed E-state index contributed by atoms with van der Waals surface area (Å²) in [5.41, 5.74) is 1.66. The SMILES string of the molecule is O=[N+]([O-])c1cc([N+](=O)[O-])c(Nc2ccccc2)cc1Nc1ccccc1.O=[N+]([O-])c1cc([N+](=O)[O-])c(Nc2ccccc2)cc1Nc1ccccc1. The molecule has 0 radical (unpaired) electrons. The van der Waals surface area contributed by atoms with Crippen LogP contribution in [0.2, 0.25) is 0 Å². The zero-order valence-electron chi connectivity index (χ0n) is 26.9. The Balaban J connectivity index is 0.000000201. The maximum Gasteiger partial charge on any atom is 0.299 e. The van der Waals surface area contributed by atoms with E-state index in [1.807, 2.05) is 24.3 Å². The van der Waals surface area contributed by atoms with Gasteiger partial charge in [-0.3, -0.25) is 40.5 Å². The molecule has 260 valence electrons. The van der Waals surface area contributed by atoms with Crippen molar-refractivity contribution >= 4 is 68.2 Å². The number of para-hydroxylation sites is 4. The Bertz CT molecular complexity index is 1900. The average molecular weight is 701 g/mol. The first-order valence-electron chi connectivity index (χ1n) is 15.3. The molecule has 52 heavy (non-hydrogen) atoms. The number of nitro groups is 4. The summed E-state index contributed by atoms with van der Waals surface area (Å²) in [6, 6.07) is 40.1. The van der Waals surface area contributed by atoms with Gasteiger partial charge in [0.2, 0.25) is 0 Å². The van der Waals surface area contributed by atoms with Crippen LogP contribution in [0, 0.1) is 40.5 Å². The fourth-order valence-corrected chi connectivity index (χ4v) is 4.87. The number of hydrogen-bond acceptors (Lipinski definition) is 12. The summed E-state index contributed by atoms with van der Waals surface area (Å²) in [4.78, 5) is 42.9. The van der Waals surface area contributed by atoms with Gasteiger partial charge in [-0.15, -0.1) is 0 Å². The number of nitro benzene ring substituents is 4. The van der Waals surface area contributed by atoms with Gasteiger partial charge in [-0.25, -0.2) is 0 Å². The Hall–Kier alpha value is -7.88. The summed E-state index contributed by atoms with van der Waals surface area (Å²) in [6.45, 7) is 0. The number of nitrogens with one attached hydrogen (secondary N) is 4. The fraction of sp³-hybridized carbons (Fsp3) is 0. The predicted octanol–water partition coefficient (Wildman–Crippen LogP) is 9.98. The van der Waals surface area contributed by atoms with E-state index in [4.69, 9.17) is 0 Å². The van der Waals surface area contributed by atoms with Gasteiger partial charge in [-0.05, 0) is 60.7 Å². The normalized spacial score (nSPS) is 10.2. The van der Waals surface area contributed by atoms with Crippen molar-refractivity contribution in [3.05, 3.63) is 186 Å². The van der Waals surface area contributed by atoms with Gasteiger partial charge in [-0.1, -0.05) is 72.8 Å². The fourth-order valence-electron chi connectivity index (χ4n) is 4.87. The van der Waals surface area contributed by atoms with Crippen LogP contribution in [0.5, 0.6) is 0 Å². The minimum atomic E-state index is -0.648. The summed E-state index contributed by atoms with van der Waals surface area (Å²) in [5, 5.41) is 57.3. The molecule has 0 aliphatic carbocycles. The van der Waals surface area contributed by atoms with Gasteiger partial charge in [0, 0.05) is 22.7 Å². The summed E-state index contributed by atoms with van der Waals surface area (Å²) in [6.07, 6.45) is 0. The minimum absolute atomic E-state index is 0.158. The van der Waals surface area contributed by atoms with Crippen LogP contribution in [0.15, 0.2) is 146 Å². The van der Waals surface area contributed by atoms with E-state index in [0.717, 1.165) is 12.1 Å². The quantitative estimate of drug-likeness (QED) is 0.0691. The van der Waals surface area contributed by atoms with Crippen LogP contribution in [-0.4, -0.2) is 19.7 Å². The molecule has 16 nitrogen and oxygen atoms in total. The van der Waals surface area contributed by atoms with Crippen molar-refractivity contribution in [2.24, 2.45) is 0 Å². The first-order chi connectivity index (χ1) is 25.1. The predicted molar refractivity (Wildman–Crippen MR) is 198 cm³/mol. The molecule has 6 aromatic rings. The lowest BCUT2D eigenvalue weighted by Crippen LogP contribution is -2.02. The lowest BCUT2D eigenvalue weighted by molar-refractivity contribution is -0.393. The van der Waals surface area contributed by atoms with Crippen molar-refractivity contribution in [3.63, 3.8) is 0 Å². The highest BCUT2D eigenvalue weighted by molar-refractivity contribution is 5.83. The van der Waals surface area contributed by atoms with Crippen LogP contribution in [-0.2, 0) is 0 Å². The lowest BCUT2D eigenvalue weighted by atomic mass is 10.2. The first-order valence-corrected chi connectivity index (χ1v) is 15.3. The summed E-state index contributed by atoms with van der Waals surface area (Å²) in [7, 11) is 0. The molecule has 0 bridgehead atoms. The molecule has 0 aliphatic rings. The summed E-state index contributed by atoms with van der Waals surface area (Å²) >= 11 is 0. The van der Waals surface area contributed by atoms with Gasteiger partial charge < -0.3 is 21.3 Å². The van der Waals surface area contributed by atoms with E-state index in [9.17, 15) is 40.5 Å². The van der Waals surface area contributed by atoms with Crippen molar-refractivity contribution in [2.75, 3.05) is 21.3 Å². The van der Waals surface area contributed by atoms with Crippen molar-refractivity contribution in [1.82, 2.24) is 0 Å². The van der Waals surface area contributed by atoms with E-state index < -0.39 is 19.7 Å². The third kappa shape index (κ3) is 9.17. The van der Waals surface area contributed by atoms with Crippen LogP contribution < -0.4 is 21.3 Å². The van der Waals surface area contributed by atoms with Crippen molar-refractivity contribution in [1.29, 1.82) is 0 Å². The van der Waals surface area contributed by atoms with Gasteiger partial charge >= 0.3 is 0 Å². The van der Waals surface area contributed by atoms with E-state index in [0.29, 0.717) is 22.7 Å². The molecule has 0 unspecified atom stereocenters. The van der Waals surface area contributed by atoms with Crippen LogP contribution in [0.3, 0.4) is 0 Å². The molecule has 0 spiro atoms. The molecule has 4 N–H and O–H groups in total. The van der Waals surface area contributed by atoms with E-state index in [2.05, 4.69) is 21.3 Å². The number of benzene rings is 6. The van der Waals surface area contributed by atoms with E-state index >= 15 is 0 Å². The second kappa shape index (κ2) is 16.5. The van der Waals surface area contributed by atoms with Gasteiger partial charge in [0.15, 0.2) is 0 Å². The zero-order chi connectivity index (χ0) is 37.0. The van der Waals surface area contributed by atoms with Gasteiger partial charge in [-0.2, -0.15) is 0 Å². The highest BCUT2D eigenvalue weighted by Crippen LogP contribution is 2.40. The Morgan fingerprint density at radius 3 is 0.673 bits per heavy atom. The lowest BCUT2D eigenvalue weighted by Gasteiger charge is -2.11. The molecular formula is C36H28N8O8. The highest BCUT2D eigenvalue weighted by Gasteiger charge is 2.26. The largest absolute Gasteiger partial charge is 0.350 e. The molecule has 0 saturated carbocycles. The monoisotopic (exact) mass is 700 g/mol.